The highest BCUT2D eigenvalue weighted by molar-refractivity contribution is 14.1. The van der Waals surface area contributed by atoms with E-state index < -0.39 is 23.4 Å². The molecule has 0 unspecified atom stereocenters. The molecule has 0 heterocycles. The smallest absolute Gasteiger partial charge is 0.250 e. The minimum atomic E-state index is -1.25. The highest BCUT2D eigenvalue weighted by Crippen LogP contribution is 2.24. The topological polar surface area (TPSA) is 55.1 Å². The molecule has 0 aliphatic heterocycles. The number of carbonyl (C=O) groups is 1. The zero-order valence-electron chi connectivity index (χ0n) is 11.6. The molecule has 2 aromatic rings. The molecule has 0 saturated heterocycles. The van der Waals surface area contributed by atoms with E-state index in [1.165, 1.54) is 12.1 Å². The second kappa shape index (κ2) is 6.91. The van der Waals surface area contributed by atoms with Crippen molar-refractivity contribution < 1.29 is 18.0 Å². The molecule has 0 atom stereocenters. The van der Waals surface area contributed by atoms with Gasteiger partial charge in [-0.25, -0.2) is 13.2 Å². The zero-order valence-corrected chi connectivity index (χ0v) is 13.7. The number of carbonyl (C=O) groups excluding carboxylic acids is 1. The van der Waals surface area contributed by atoms with Gasteiger partial charge in [0.05, 0.1) is 11.3 Å². The summed E-state index contributed by atoms with van der Waals surface area (Å²) in [6, 6.07) is 5.08. The van der Waals surface area contributed by atoms with Crippen LogP contribution >= 0.6 is 22.6 Å². The first-order chi connectivity index (χ1) is 10.8. The Labute approximate surface area is 144 Å². The van der Waals surface area contributed by atoms with E-state index in [2.05, 4.69) is 11.2 Å². The van der Waals surface area contributed by atoms with Gasteiger partial charge in [-0.1, -0.05) is 5.92 Å². The Hall–Kier alpha value is -2.21. The molecule has 0 radical (unpaired) electrons. The van der Waals surface area contributed by atoms with Crippen molar-refractivity contribution in [3.05, 3.63) is 62.0 Å². The first-order valence-electron chi connectivity index (χ1n) is 6.31. The fourth-order valence-electron chi connectivity index (χ4n) is 2.06. The molecule has 0 spiro atoms. The summed E-state index contributed by atoms with van der Waals surface area (Å²) in [6.45, 7) is -0.353. The lowest BCUT2D eigenvalue weighted by atomic mass is 9.99. The van der Waals surface area contributed by atoms with Crippen LogP contribution in [-0.4, -0.2) is 5.91 Å². The molecule has 0 bridgehead atoms. The van der Waals surface area contributed by atoms with Crippen LogP contribution in [0, 0.1) is 33.4 Å². The summed E-state index contributed by atoms with van der Waals surface area (Å²) in [7, 11) is 0. The van der Waals surface area contributed by atoms with E-state index in [4.69, 9.17) is 12.2 Å². The van der Waals surface area contributed by atoms with Crippen LogP contribution in [0.3, 0.4) is 0 Å². The van der Waals surface area contributed by atoms with Gasteiger partial charge < -0.3 is 11.1 Å². The average molecular weight is 430 g/mol. The molecule has 2 aromatic carbocycles. The molecule has 0 saturated carbocycles. The molecule has 3 nitrogen and oxygen atoms in total. The Bertz CT molecular complexity index is 831. The molecule has 118 valence electrons. The van der Waals surface area contributed by atoms with E-state index in [-0.39, 0.29) is 28.9 Å². The standard InChI is InChI=1S/C16H10F3IN2O/c1-2-8-5-12(18)15(19)10(14(8)16(21)23)7-22-13-4-3-9(20)6-11(13)17/h1,3-6,22H,7H2,(H2,21,23). The highest BCUT2D eigenvalue weighted by Gasteiger charge is 2.21. The first kappa shape index (κ1) is 17.1. The lowest BCUT2D eigenvalue weighted by Gasteiger charge is -2.13. The maximum atomic E-state index is 14.0. The quantitative estimate of drug-likeness (QED) is 0.578. The normalized spacial score (nSPS) is 10.2. The summed E-state index contributed by atoms with van der Waals surface area (Å²) in [5.41, 5.74) is 4.48. The predicted octanol–water partition coefficient (Wildman–Crippen LogP) is 3.40. The summed E-state index contributed by atoms with van der Waals surface area (Å²) in [5.74, 6) is -1.92. The number of benzene rings is 2. The van der Waals surface area contributed by atoms with Crippen molar-refractivity contribution in [3.63, 3.8) is 0 Å². The Balaban J connectivity index is 2.45. The second-order valence-electron chi connectivity index (χ2n) is 4.56. The molecule has 0 aliphatic carbocycles. The third-order valence-electron chi connectivity index (χ3n) is 3.11. The van der Waals surface area contributed by atoms with E-state index >= 15 is 0 Å². The number of anilines is 1. The maximum absolute atomic E-state index is 14.0. The number of rotatable bonds is 4. The van der Waals surface area contributed by atoms with Gasteiger partial charge in [-0.2, -0.15) is 0 Å². The largest absolute Gasteiger partial charge is 0.378 e. The number of nitrogens with two attached hydrogens (primary N) is 1. The number of hydrogen-bond donors (Lipinski definition) is 2. The molecule has 0 aromatic heterocycles. The van der Waals surface area contributed by atoms with Crippen LogP contribution in [-0.2, 0) is 6.54 Å². The Kier molecular flexibility index (Phi) is 5.15. The number of primary amides is 1. The van der Waals surface area contributed by atoms with Crippen LogP contribution in [0.5, 0.6) is 0 Å². The Morgan fingerprint density at radius 3 is 2.52 bits per heavy atom. The van der Waals surface area contributed by atoms with Gasteiger partial charge >= 0.3 is 0 Å². The summed E-state index contributed by atoms with van der Waals surface area (Å²) in [4.78, 5) is 11.5. The minimum Gasteiger partial charge on any atom is -0.378 e. The van der Waals surface area contributed by atoms with Crippen molar-refractivity contribution in [3.8, 4) is 12.3 Å². The summed E-state index contributed by atoms with van der Waals surface area (Å²) >= 11 is 1.93. The lowest BCUT2D eigenvalue weighted by molar-refractivity contribution is 0.0998. The van der Waals surface area contributed by atoms with Crippen LogP contribution in [0.4, 0.5) is 18.9 Å². The molecule has 0 fully saturated rings. The molecule has 1 amide bonds. The monoisotopic (exact) mass is 430 g/mol. The van der Waals surface area contributed by atoms with Crippen molar-refractivity contribution in [2.45, 2.75) is 6.54 Å². The Morgan fingerprint density at radius 1 is 1.26 bits per heavy atom. The number of hydrogen-bond acceptors (Lipinski definition) is 2. The van der Waals surface area contributed by atoms with Crippen molar-refractivity contribution in [2.75, 3.05) is 5.32 Å². The van der Waals surface area contributed by atoms with Gasteiger partial charge in [-0.05, 0) is 46.9 Å². The highest BCUT2D eigenvalue weighted by atomic mass is 127. The van der Waals surface area contributed by atoms with E-state index in [1.807, 2.05) is 22.6 Å². The minimum absolute atomic E-state index is 0.0757. The molecule has 7 heteroatoms. The van der Waals surface area contributed by atoms with Crippen LogP contribution in [0.15, 0.2) is 24.3 Å². The molecular formula is C16H10F3IN2O. The number of amides is 1. The zero-order chi connectivity index (χ0) is 17.1. The fraction of sp³-hybridized carbons (Fsp3) is 0.0625. The van der Waals surface area contributed by atoms with Gasteiger partial charge in [0, 0.05) is 21.2 Å². The molecule has 2 rings (SSSR count). The van der Waals surface area contributed by atoms with Gasteiger partial charge in [-0.3, -0.25) is 4.79 Å². The van der Waals surface area contributed by atoms with Crippen LogP contribution in [0.2, 0.25) is 0 Å². The Morgan fingerprint density at radius 2 is 1.96 bits per heavy atom. The fourth-order valence-corrected chi connectivity index (χ4v) is 2.51. The third-order valence-corrected chi connectivity index (χ3v) is 3.78. The van der Waals surface area contributed by atoms with E-state index in [0.717, 1.165) is 6.07 Å². The van der Waals surface area contributed by atoms with Gasteiger partial charge in [0.2, 0.25) is 5.91 Å². The lowest BCUT2D eigenvalue weighted by Crippen LogP contribution is -2.20. The first-order valence-corrected chi connectivity index (χ1v) is 7.39. The summed E-state index contributed by atoms with van der Waals surface area (Å²) < 4.78 is 42.1. The van der Waals surface area contributed by atoms with Crippen molar-refractivity contribution in [2.24, 2.45) is 5.73 Å². The second-order valence-corrected chi connectivity index (χ2v) is 5.81. The predicted molar refractivity (Wildman–Crippen MR) is 89.3 cm³/mol. The van der Waals surface area contributed by atoms with E-state index in [0.29, 0.717) is 3.57 Å². The number of terminal acetylenes is 1. The van der Waals surface area contributed by atoms with Gasteiger partial charge in [-0.15, -0.1) is 6.42 Å². The molecular weight excluding hydrogens is 420 g/mol. The van der Waals surface area contributed by atoms with Gasteiger partial charge in [0.15, 0.2) is 11.6 Å². The van der Waals surface area contributed by atoms with Crippen molar-refractivity contribution in [1.29, 1.82) is 0 Å². The van der Waals surface area contributed by atoms with E-state index in [1.54, 1.807) is 6.07 Å². The van der Waals surface area contributed by atoms with Crippen molar-refractivity contribution >= 4 is 34.2 Å². The van der Waals surface area contributed by atoms with Crippen LogP contribution in [0.1, 0.15) is 21.5 Å². The molecule has 0 aliphatic rings. The average Bonchev–Trinajstić information content (AvgIpc) is 2.49. The maximum Gasteiger partial charge on any atom is 0.250 e. The number of nitrogens with one attached hydrogen (secondary N) is 1. The van der Waals surface area contributed by atoms with Gasteiger partial charge in [0.1, 0.15) is 5.82 Å². The van der Waals surface area contributed by atoms with Crippen LogP contribution < -0.4 is 11.1 Å². The summed E-state index contributed by atoms with van der Waals surface area (Å²) in [6.07, 6.45) is 5.20. The van der Waals surface area contributed by atoms with Crippen molar-refractivity contribution in [1.82, 2.24) is 0 Å². The SMILES string of the molecule is C#Cc1cc(F)c(F)c(CNc2ccc(I)cc2F)c1C(N)=O. The van der Waals surface area contributed by atoms with E-state index in [9.17, 15) is 18.0 Å². The molecule has 23 heavy (non-hydrogen) atoms. The molecule has 3 N–H and O–H groups in total. The number of halogens is 4. The third kappa shape index (κ3) is 3.59. The van der Waals surface area contributed by atoms with Gasteiger partial charge in [0.25, 0.3) is 0 Å². The summed E-state index contributed by atoms with van der Waals surface area (Å²) in [5, 5.41) is 2.61. The van der Waals surface area contributed by atoms with Crippen LogP contribution in [0.25, 0.3) is 0 Å².